The Kier molecular flexibility index (Phi) is 10.7. The molecule has 1 aliphatic carbocycles. The van der Waals surface area contributed by atoms with Crippen LogP contribution in [-0.2, 0) is 0 Å². The van der Waals surface area contributed by atoms with Crippen molar-refractivity contribution in [3.05, 3.63) is 47.5 Å². The second-order valence-electron chi connectivity index (χ2n) is 9.28. The second-order valence-corrected chi connectivity index (χ2v) is 9.28. The van der Waals surface area contributed by atoms with Gasteiger partial charge in [0.05, 0.1) is 0 Å². The summed E-state index contributed by atoms with van der Waals surface area (Å²) in [5.41, 5.74) is 3.98. The molecule has 1 unspecified atom stereocenters. The zero-order chi connectivity index (χ0) is 24.3. The van der Waals surface area contributed by atoms with Gasteiger partial charge in [-0.25, -0.2) is 0 Å². The van der Waals surface area contributed by atoms with Gasteiger partial charge in [0.25, 0.3) is 0 Å². The van der Waals surface area contributed by atoms with Gasteiger partial charge in [0, 0.05) is 13.1 Å². The molecule has 0 aliphatic heterocycles. The van der Waals surface area contributed by atoms with Crippen molar-refractivity contribution in [2.75, 3.05) is 52.5 Å². The third-order valence-electron chi connectivity index (χ3n) is 6.44. The summed E-state index contributed by atoms with van der Waals surface area (Å²) in [5, 5.41) is 11.0. The first kappa shape index (κ1) is 26.5. The Morgan fingerprint density at radius 1 is 0.618 bits per heavy atom. The molecule has 0 spiro atoms. The van der Waals surface area contributed by atoms with Gasteiger partial charge >= 0.3 is 0 Å². The lowest BCUT2D eigenvalue weighted by Gasteiger charge is -2.21. The highest BCUT2D eigenvalue weighted by atomic mass is 16.5. The molecular weight excluding hydrogens is 424 g/mol. The Labute approximate surface area is 206 Å². The number of benzene rings is 2. The summed E-state index contributed by atoms with van der Waals surface area (Å²) >= 11 is 0. The van der Waals surface area contributed by atoms with E-state index in [1.165, 1.54) is 0 Å². The smallest absolute Gasteiger partial charge is 0.120 e. The SMILES string of the molecule is CCCN(CCC)CCOc1ccc2c(c1)-c1ccc(OCCN(CCC)CCC)cc1C2O. The van der Waals surface area contributed by atoms with Crippen molar-refractivity contribution in [2.24, 2.45) is 0 Å². The molecule has 0 fully saturated rings. The summed E-state index contributed by atoms with van der Waals surface area (Å²) in [6, 6.07) is 12.1. The van der Waals surface area contributed by atoms with E-state index in [9.17, 15) is 5.11 Å². The molecule has 34 heavy (non-hydrogen) atoms. The van der Waals surface area contributed by atoms with Gasteiger partial charge in [-0.1, -0.05) is 39.8 Å². The zero-order valence-corrected chi connectivity index (χ0v) is 21.7. The van der Waals surface area contributed by atoms with Crippen LogP contribution in [0.2, 0.25) is 0 Å². The van der Waals surface area contributed by atoms with Crippen LogP contribution in [0, 0.1) is 0 Å². The maximum absolute atomic E-state index is 11.0. The first-order valence-electron chi connectivity index (χ1n) is 13.3. The average Bonchev–Trinajstić information content (AvgIpc) is 3.11. The van der Waals surface area contributed by atoms with E-state index in [-0.39, 0.29) is 0 Å². The van der Waals surface area contributed by atoms with Crippen molar-refractivity contribution in [1.29, 1.82) is 0 Å². The van der Waals surface area contributed by atoms with Gasteiger partial charge in [-0.15, -0.1) is 0 Å². The van der Waals surface area contributed by atoms with Crippen molar-refractivity contribution < 1.29 is 14.6 Å². The summed E-state index contributed by atoms with van der Waals surface area (Å²) < 4.78 is 12.1. The van der Waals surface area contributed by atoms with E-state index in [2.05, 4.69) is 49.6 Å². The fraction of sp³-hybridized carbons (Fsp3) is 0.586. The Morgan fingerprint density at radius 3 is 1.65 bits per heavy atom. The minimum Gasteiger partial charge on any atom is -0.492 e. The van der Waals surface area contributed by atoms with E-state index in [0.717, 1.165) is 98.7 Å². The standard InChI is InChI=1S/C29H44N2O3/c1-5-13-30(14-6-2)17-19-33-23-10-12-26-27(21-23)25-11-9-24(22-28(25)29(26)32)34-20-18-31(15-7-3)16-8-4/h9-12,21-22,29,32H,5-8,13-20H2,1-4H3. The molecule has 0 heterocycles. The van der Waals surface area contributed by atoms with Gasteiger partial charge < -0.3 is 14.6 Å². The minimum absolute atomic E-state index is 0.621. The Balaban J connectivity index is 1.61. The van der Waals surface area contributed by atoms with Crippen LogP contribution in [0.3, 0.4) is 0 Å². The fourth-order valence-electron chi connectivity index (χ4n) is 4.89. The van der Waals surface area contributed by atoms with Crippen molar-refractivity contribution >= 4 is 0 Å². The minimum atomic E-state index is -0.621. The Morgan fingerprint density at radius 2 is 1.12 bits per heavy atom. The van der Waals surface area contributed by atoms with E-state index in [0.29, 0.717) is 13.2 Å². The van der Waals surface area contributed by atoms with E-state index in [1.54, 1.807) is 0 Å². The second kappa shape index (κ2) is 13.7. The molecule has 0 saturated carbocycles. The molecule has 3 rings (SSSR count). The molecule has 5 heteroatoms. The van der Waals surface area contributed by atoms with E-state index >= 15 is 0 Å². The number of hydrogen-bond acceptors (Lipinski definition) is 5. The highest BCUT2D eigenvalue weighted by molar-refractivity contribution is 5.79. The van der Waals surface area contributed by atoms with Crippen LogP contribution in [0.15, 0.2) is 36.4 Å². The first-order chi connectivity index (χ1) is 16.6. The monoisotopic (exact) mass is 468 g/mol. The third kappa shape index (κ3) is 6.97. The van der Waals surface area contributed by atoms with E-state index < -0.39 is 6.10 Å². The maximum Gasteiger partial charge on any atom is 0.120 e. The first-order valence-corrected chi connectivity index (χ1v) is 13.3. The highest BCUT2D eigenvalue weighted by Gasteiger charge is 2.28. The summed E-state index contributed by atoms with van der Waals surface area (Å²) in [6.07, 6.45) is 4.02. The Hall–Kier alpha value is -2.08. The van der Waals surface area contributed by atoms with E-state index in [4.69, 9.17) is 9.47 Å². The molecule has 1 aliphatic rings. The number of rotatable bonds is 16. The molecule has 0 radical (unpaired) electrons. The lowest BCUT2D eigenvalue weighted by atomic mass is 10.1. The van der Waals surface area contributed by atoms with Gasteiger partial charge in [-0.05, 0) is 98.4 Å². The predicted octanol–water partition coefficient (Wildman–Crippen LogP) is 5.75. The lowest BCUT2D eigenvalue weighted by Crippen LogP contribution is -2.30. The number of hydrogen-bond donors (Lipinski definition) is 1. The average molecular weight is 469 g/mol. The van der Waals surface area contributed by atoms with Gasteiger partial charge in [0.2, 0.25) is 0 Å². The summed E-state index contributed by atoms with van der Waals surface area (Å²) in [4.78, 5) is 4.90. The number of aliphatic hydroxyl groups is 1. The summed E-state index contributed by atoms with van der Waals surface area (Å²) in [7, 11) is 0. The van der Waals surface area contributed by atoms with Gasteiger partial charge in [-0.2, -0.15) is 0 Å². The Bertz CT molecular complexity index is 874. The van der Waals surface area contributed by atoms with Crippen molar-refractivity contribution in [2.45, 2.75) is 59.5 Å². The molecule has 0 aromatic heterocycles. The van der Waals surface area contributed by atoms with Crippen LogP contribution in [-0.4, -0.2) is 67.4 Å². The summed E-state index contributed by atoms with van der Waals surface area (Å²) in [6.45, 7) is 16.5. The van der Waals surface area contributed by atoms with E-state index in [1.807, 2.05) is 24.3 Å². The maximum atomic E-state index is 11.0. The lowest BCUT2D eigenvalue weighted by molar-refractivity contribution is 0.206. The van der Waals surface area contributed by atoms with Gasteiger partial charge in [0.15, 0.2) is 0 Å². The molecule has 2 aromatic carbocycles. The molecule has 5 nitrogen and oxygen atoms in total. The number of aliphatic hydroxyl groups excluding tert-OH is 1. The van der Waals surface area contributed by atoms with Crippen LogP contribution in [0.25, 0.3) is 11.1 Å². The molecule has 0 bridgehead atoms. The van der Waals surface area contributed by atoms with Gasteiger partial charge in [-0.3, -0.25) is 9.80 Å². The molecule has 0 amide bonds. The highest BCUT2D eigenvalue weighted by Crippen LogP contribution is 2.45. The van der Waals surface area contributed by atoms with Crippen LogP contribution in [0.1, 0.15) is 70.6 Å². The largest absolute Gasteiger partial charge is 0.492 e. The molecule has 1 N–H and O–H groups in total. The zero-order valence-electron chi connectivity index (χ0n) is 21.7. The molecule has 0 saturated heterocycles. The quantitative estimate of drug-likeness (QED) is 0.340. The van der Waals surface area contributed by atoms with Gasteiger partial charge in [0.1, 0.15) is 30.8 Å². The van der Waals surface area contributed by atoms with Crippen LogP contribution >= 0.6 is 0 Å². The van der Waals surface area contributed by atoms with Crippen molar-refractivity contribution in [3.63, 3.8) is 0 Å². The predicted molar refractivity (Wildman–Crippen MR) is 141 cm³/mol. The van der Waals surface area contributed by atoms with Crippen LogP contribution < -0.4 is 9.47 Å². The molecule has 1 atom stereocenters. The molecule has 188 valence electrons. The topological polar surface area (TPSA) is 45.2 Å². The van der Waals surface area contributed by atoms with Crippen molar-refractivity contribution in [3.8, 4) is 22.6 Å². The van der Waals surface area contributed by atoms with Crippen molar-refractivity contribution in [1.82, 2.24) is 9.80 Å². The number of nitrogens with zero attached hydrogens (tertiary/aromatic N) is 2. The van der Waals surface area contributed by atoms with Crippen LogP contribution in [0.5, 0.6) is 11.5 Å². The number of ether oxygens (including phenoxy) is 2. The summed E-state index contributed by atoms with van der Waals surface area (Å²) in [5.74, 6) is 1.68. The van der Waals surface area contributed by atoms with Crippen LogP contribution in [0.4, 0.5) is 0 Å². The normalized spacial score (nSPS) is 14.5. The third-order valence-corrected chi connectivity index (χ3v) is 6.44. The molecule has 2 aromatic rings. The number of fused-ring (bicyclic) bond motifs is 3. The molecular formula is C29H44N2O3. The fourth-order valence-corrected chi connectivity index (χ4v) is 4.89.